The van der Waals surface area contributed by atoms with E-state index in [9.17, 15) is 9.18 Å². The fourth-order valence-electron chi connectivity index (χ4n) is 2.88. The van der Waals surface area contributed by atoms with Crippen LogP contribution in [0.3, 0.4) is 0 Å². The topological polar surface area (TPSA) is 62.1 Å². The van der Waals surface area contributed by atoms with Gasteiger partial charge in [-0.15, -0.1) is 0 Å². The van der Waals surface area contributed by atoms with E-state index in [2.05, 4.69) is 5.32 Å². The molecule has 1 atom stereocenters. The Labute approximate surface area is 139 Å². The SMILES string of the molecule is N#Cc1ccc(CNC(=O)C[C@H]2CCOc3ccccc32)c(F)c1. The summed E-state index contributed by atoms with van der Waals surface area (Å²) in [6.07, 6.45) is 1.13. The van der Waals surface area contributed by atoms with Crippen LogP contribution >= 0.6 is 0 Å². The van der Waals surface area contributed by atoms with Crippen LogP contribution in [0.15, 0.2) is 42.5 Å². The number of ether oxygens (including phenoxy) is 1. The molecule has 1 aliphatic heterocycles. The quantitative estimate of drug-likeness (QED) is 0.939. The number of para-hydroxylation sites is 1. The molecule has 1 heterocycles. The summed E-state index contributed by atoms with van der Waals surface area (Å²) in [5.41, 5.74) is 1.68. The van der Waals surface area contributed by atoms with Gasteiger partial charge in [-0.25, -0.2) is 4.39 Å². The molecule has 1 amide bonds. The highest BCUT2D eigenvalue weighted by Crippen LogP contribution is 2.35. The minimum atomic E-state index is -0.481. The number of carbonyl (C=O) groups is 1. The highest BCUT2D eigenvalue weighted by molar-refractivity contribution is 5.77. The Balaban J connectivity index is 1.60. The molecule has 0 saturated heterocycles. The van der Waals surface area contributed by atoms with Crippen molar-refractivity contribution >= 4 is 5.91 Å². The summed E-state index contributed by atoms with van der Waals surface area (Å²) in [5, 5.41) is 11.5. The van der Waals surface area contributed by atoms with Gasteiger partial charge in [0.1, 0.15) is 11.6 Å². The molecule has 0 bridgehead atoms. The van der Waals surface area contributed by atoms with Crippen molar-refractivity contribution < 1.29 is 13.9 Å². The van der Waals surface area contributed by atoms with E-state index in [1.54, 1.807) is 6.07 Å². The number of nitrogens with one attached hydrogen (secondary N) is 1. The van der Waals surface area contributed by atoms with Crippen molar-refractivity contribution in [2.45, 2.75) is 25.3 Å². The molecule has 1 N–H and O–H groups in total. The summed E-state index contributed by atoms with van der Waals surface area (Å²) in [6.45, 7) is 0.709. The Hall–Kier alpha value is -2.87. The number of amides is 1. The Morgan fingerprint density at radius 2 is 2.17 bits per heavy atom. The largest absolute Gasteiger partial charge is 0.493 e. The molecule has 0 fully saturated rings. The highest BCUT2D eigenvalue weighted by atomic mass is 19.1. The lowest BCUT2D eigenvalue weighted by Crippen LogP contribution is -2.26. The zero-order chi connectivity index (χ0) is 16.9. The standard InChI is InChI=1S/C19H17FN2O2/c20-17-9-13(11-21)5-6-15(17)12-22-19(23)10-14-7-8-24-18-4-2-1-3-16(14)18/h1-6,9,14H,7-8,10,12H2,(H,22,23)/t14-/m1/s1. The normalized spacial score (nSPS) is 15.8. The van der Waals surface area contributed by atoms with E-state index in [1.165, 1.54) is 12.1 Å². The first kappa shape index (κ1) is 16.0. The molecular formula is C19H17FN2O2. The van der Waals surface area contributed by atoms with Crippen molar-refractivity contribution in [2.24, 2.45) is 0 Å². The maximum Gasteiger partial charge on any atom is 0.220 e. The fraction of sp³-hybridized carbons (Fsp3) is 0.263. The summed E-state index contributed by atoms with van der Waals surface area (Å²) in [6, 6.07) is 13.9. The monoisotopic (exact) mass is 324 g/mol. The summed E-state index contributed by atoms with van der Waals surface area (Å²) in [4.78, 5) is 12.2. The molecule has 0 spiro atoms. The number of halogens is 1. The molecule has 1 aliphatic rings. The van der Waals surface area contributed by atoms with Crippen LogP contribution in [-0.4, -0.2) is 12.5 Å². The first-order valence-corrected chi connectivity index (χ1v) is 7.84. The van der Waals surface area contributed by atoms with Gasteiger partial charge >= 0.3 is 0 Å². The van der Waals surface area contributed by atoms with Crippen LogP contribution in [0.25, 0.3) is 0 Å². The summed E-state index contributed by atoms with van der Waals surface area (Å²) >= 11 is 0. The third-order valence-electron chi connectivity index (χ3n) is 4.17. The summed E-state index contributed by atoms with van der Waals surface area (Å²) in [5.74, 6) is 0.340. The Morgan fingerprint density at radius 1 is 1.33 bits per heavy atom. The number of rotatable bonds is 4. The molecule has 0 radical (unpaired) electrons. The van der Waals surface area contributed by atoms with Gasteiger partial charge in [0.2, 0.25) is 5.91 Å². The lowest BCUT2D eigenvalue weighted by atomic mass is 9.90. The van der Waals surface area contributed by atoms with Crippen molar-refractivity contribution in [2.75, 3.05) is 6.61 Å². The zero-order valence-electron chi connectivity index (χ0n) is 13.1. The molecule has 24 heavy (non-hydrogen) atoms. The molecule has 0 aromatic heterocycles. The van der Waals surface area contributed by atoms with Crippen molar-refractivity contribution in [1.29, 1.82) is 5.26 Å². The summed E-state index contributed by atoms with van der Waals surface area (Å²) in [7, 11) is 0. The molecule has 4 nitrogen and oxygen atoms in total. The lowest BCUT2D eigenvalue weighted by molar-refractivity contribution is -0.121. The third kappa shape index (κ3) is 3.54. The van der Waals surface area contributed by atoms with Gasteiger partial charge in [-0.2, -0.15) is 5.26 Å². The van der Waals surface area contributed by atoms with Gasteiger partial charge in [-0.3, -0.25) is 4.79 Å². The maximum absolute atomic E-state index is 13.8. The lowest BCUT2D eigenvalue weighted by Gasteiger charge is -2.25. The van der Waals surface area contributed by atoms with Crippen LogP contribution in [-0.2, 0) is 11.3 Å². The van der Waals surface area contributed by atoms with E-state index >= 15 is 0 Å². The number of nitrogens with zero attached hydrogens (tertiary/aromatic N) is 1. The number of fused-ring (bicyclic) bond motifs is 1. The van der Waals surface area contributed by atoms with E-state index in [1.807, 2.05) is 30.3 Å². The van der Waals surface area contributed by atoms with Crippen LogP contribution in [0.5, 0.6) is 5.75 Å². The van der Waals surface area contributed by atoms with E-state index in [0.29, 0.717) is 18.6 Å². The van der Waals surface area contributed by atoms with Gasteiger partial charge in [-0.1, -0.05) is 24.3 Å². The van der Waals surface area contributed by atoms with Gasteiger partial charge in [0.15, 0.2) is 0 Å². The third-order valence-corrected chi connectivity index (χ3v) is 4.17. The average Bonchev–Trinajstić information content (AvgIpc) is 2.61. The highest BCUT2D eigenvalue weighted by Gasteiger charge is 2.23. The van der Waals surface area contributed by atoms with Gasteiger partial charge < -0.3 is 10.1 Å². The predicted molar refractivity (Wildman–Crippen MR) is 86.9 cm³/mol. The Bertz CT molecular complexity index is 798. The van der Waals surface area contributed by atoms with Gasteiger partial charge in [0, 0.05) is 18.5 Å². The maximum atomic E-state index is 13.8. The molecule has 0 saturated carbocycles. The van der Waals surface area contributed by atoms with Crippen molar-refractivity contribution in [1.82, 2.24) is 5.32 Å². The van der Waals surface area contributed by atoms with E-state index < -0.39 is 5.82 Å². The molecule has 2 aromatic rings. The van der Waals surface area contributed by atoms with E-state index in [-0.39, 0.29) is 23.9 Å². The molecule has 5 heteroatoms. The number of hydrogen-bond donors (Lipinski definition) is 1. The minimum absolute atomic E-state index is 0.112. The van der Waals surface area contributed by atoms with Crippen LogP contribution in [0, 0.1) is 17.1 Å². The minimum Gasteiger partial charge on any atom is -0.493 e. The van der Waals surface area contributed by atoms with Crippen LogP contribution < -0.4 is 10.1 Å². The molecule has 122 valence electrons. The van der Waals surface area contributed by atoms with E-state index in [0.717, 1.165) is 17.7 Å². The second-order valence-corrected chi connectivity index (χ2v) is 5.77. The van der Waals surface area contributed by atoms with Gasteiger partial charge in [-0.05, 0) is 36.1 Å². The number of nitriles is 1. The second kappa shape index (κ2) is 7.14. The fourth-order valence-corrected chi connectivity index (χ4v) is 2.88. The Morgan fingerprint density at radius 3 is 2.96 bits per heavy atom. The molecule has 3 rings (SSSR count). The Kier molecular flexibility index (Phi) is 4.76. The molecule has 0 unspecified atom stereocenters. The molecular weight excluding hydrogens is 307 g/mol. The summed E-state index contributed by atoms with van der Waals surface area (Å²) < 4.78 is 19.4. The van der Waals surface area contributed by atoms with Gasteiger partial charge in [0.05, 0.1) is 18.2 Å². The van der Waals surface area contributed by atoms with Crippen molar-refractivity contribution in [3.63, 3.8) is 0 Å². The van der Waals surface area contributed by atoms with Crippen molar-refractivity contribution in [3.8, 4) is 11.8 Å². The first-order valence-electron chi connectivity index (χ1n) is 7.84. The number of benzene rings is 2. The van der Waals surface area contributed by atoms with Gasteiger partial charge in [0.25, 0.3) is 0 Å². The zero-order valence-corrected chi connectivity index (χ0v) is 13.1. The smallest absolute Gasteiger partial charge is 0.220 e. The van der Waals surface area contributed by atoms with Crippen molar-refractivity contribution in [3.05, 3.63) is 65.0 Å². The van der Waals surface area contributed by atoms with E-state index in [4.69, 9.17) is 10.00 Å². The van der Waals surface area contributed by atoms with Crippen LogP contribution in [0.4, 0.5) is 4.39 Å². The number of carbonyl (C=O) groups excluding carboxylic acids is 1. The first-order chi connectivity index (χ1) is 11.7. The number of hydrogen-bond acceptors (Lipinski definition) is 3. The molecule has 2 aromatic carbocycles. The molecule has 0 aliphatic carbocycles. The van der Waals surface area contributed by atoms with Crippen LogP contribution in [0.2, 0.25) is 0 Å². The van der Waals surface area contributed by atoms with Crippen LogP contribution in [0.1, 0.15) is 35.4 Å². The second-order valence-electron chi connectivity index (χ2n) is 5.77. The average molecular weight is 324 g/mol. The predicted octanol–water partition coefficient (Wildman–Crippen LogP) is 3.27.